The standard InChI is InChI=1S/C20H18BrFN4O2/c21-14-6-8-16(9-7-14)26-19(12-4-5-12)18(24-25-26)20(28)23-11-17(27)13-2-1-3-15(22)10-13/h1-3,6-10,12,17,27H,4-5,11H2,(H,23,28). The Balaban J connectivity index is 1.52. The Labute approximate surface area is 169 Å². The zero-order valence-electron chi connectivity index (χ0n) is 14.8. The number of aliphatic hydroxyl groups excluding tert-OH is 1. The predicted octanol–water partition coefficient (Wildman–Crippen LogP) is 3.51. The van der Waals surface area contributed by atoms with Crippen LogP contribution in [-0.4, -0.2) is 32.6 Å². The molecule has 0 saturated heterocycles. The molecule has 0 bridgehead atoms. The number of hydrogen-bond donors (Lipinski definition) is 2. The molecular formula is C20H18BrFN4O2. The summed E-state index contributed by atoms with van der Waals surface area (Å²) < 4.78 is 16.0. The molecule has 144 valence electrons. The maximum atomic E-state index is 13.3. The van der Waals surface area contributed by atoms with Crippen LogP contribution in [0, 0.1) is 5.82 Å². The van der Waals surface area contributed by atoms with Crippen LogP contribution in [0.3, 0.4) is 0 Å². The van der Waals surface area contributed by atoms with Gasteiger partial charge in [-0.2, -0.15) is 0 Å². The molecule has 1 unspecified atom stereocenters. The molecule has 2 N–H and O–H groups in total. The number of aliphatic hydroxyl groups is 1. The lowest BCUT2D eigenvalue weighted by Crippen LogP contribution is -2.29. The number of amides is 1. The molecule has 2 aromatic carbocycles. The predicted molar refractivity (Wildman–Crippen MR) is 105 cm³/mol. The summed E-state index contributed by atoms with van der Waals surface area (Å²) in [5.74, 6) is -0.593. The normalized spacial score (nSPS) is 14.7. The second kappa shape index (κ2) is 7.81. The van der Waals surface area contributed by atoms with Crippen LogP contribution in [0.5, 0.6) is 0 Å². The van der Waals surface area contributed by atoms with Gasteiger partial charge in [0.15, 0.2) is 5.69 Å². The highest BCUT2D eigenvalue weighted by atomic mass is 79.9. The first-order valence-electron chi connectivity index (χ1n) is 8.96. The molecule has 0 aliphatic heterocycles. The fraction of sp³-hybridized carbons (Fsp3) is 0.250. The fourth-order valence-corrected chi connectivity index (χ4v) is 3.32. The molecule has 3 aromatic rings. The number of hydrogen-bond acceptors (Lipinski definition) is 4. The lowest BCUT2D eigenvalue weighted by molar-refractivity contribution is 0.0910. The number of halogens is 2. The SMILES string of the molecule is O=C(NCC(O)c1cccc(F)c1)c1nnn(-c2ccc(Br)cc2)c1C1CC1. The first-order chi connectivity index (χ1) is 13.5. The Hall–Kier alpha value is -2.58. The quantitative estimate of drug-likeness (QED) is 0.609. The molecule has 4 rings (SSSR count). The zero-order valence-corrected chi connectivity index (χ0v) is 16.4. The van der Waals surface area contributed by atoms with Crippen LogP contribution in [-0.2, 0) is 0 Å². The molecule has 0 spiro atoms. The van der Waals surface area contributed by atoms with E-state index < -0.39 is 17.8 Å². The molecule has 0 radical (unpaired) electrons. The molecule has 1 fully saturated rings. The van der Waals surface area contributed by atoms with Gasteiger partial charge in [0, 0.05) is 16.9 Å². The van der Waals surface area contributed by atoms with Gasteiger partial charge in [-0.05, 0) is 54.8 Å². The topological polar surface area (TPSA) is 80.0 Å². The lowest BCUT2D eigenvalue weighted by atomic mass is 10.1. The second-order valence-corrected chi connectivity index (χ2v) is 7.68. The van der Waals surface area contributed by atoms with E-state index in [0.29, 0.717) is 5.56 Å². The number of nitrogens with one attached hydrogen (secondary N) is 1. The molecule has 8 heteroatoms. The third-order valence-electron chi connectivity index (χ3n) is 4.64. The van der Waals surface area contributed by atoms with E-state index in [-0.39, 0.29) is 18.2 Å². The van der Waals surface area contributed by atoms with Crippen LogP contribution < -0.4 is 5.32 Å². The highest BCUT2D eigenvalue weighted by Crippen LogP contribution is 2.42. The van der Waals surface area contributed by atoms with Crippen molar-refractivity contribution >= 4 is 21.8 Å². The van der Waals surface area contributed by atoms with Crippen molar-refractivity contribution in [1.29, 1.82) is 0 Å². The van der Waals surface area contributed by atoms with E-state index in [1.54, 1.807) is 10.7 Å². The summed E-state index contributed by atoms with van der Waals surface area (Å²) in [6, 6.07) is 13.3. The Bertz CT molecular complexity index is 1000. The van der Waals surface area contributed by atoms with Gasteiger partial charge in [0.2, 0.25) is 0 Å². The highest BCUT2D eigenvalue weighted by molar-refractivity contribution is 9.10. The zero-order chi connectivity index (χ0) is 19.7. The number of nitrogens with zero attached hydrogens (tertiary/aromatic N) is 3. The van der Waals surface area contributed by atoms with Crippen molar-refractivity contribution in [2.75, 3.05) is 6.54 Å². The van der Waals surface area contributed by atoms with Gasteiger partial charge in [-0.1, -0.05) is 33.3 Å². The van der Waals surface area contributed by atoms with E-state index in [1.807, 2.05) is 24.3 Å². The molecule has 1 atom stereocenters. The third kappa shape index (κ3) is 3.98. The minimum atomic E-state index is -1.01. The number of benzene rings is 2. The molecular weight excluding hydrogens is 427 g/mol. The Morgan fingerprint density at radius 3 is 2.71 bits per heavy atom. The summed E-state index contributed by atoms with van der Waals surface area (Å²) in [5, 5.41) is 21.2. The van der Waals surface area contributed by atoms with E-state index in [9.17, 15) is 14.3 Å². The molecule has 1 aliphatic carbocycles. The number of carbonyl (C=O) groups is 1. The van der Waals surface area contributed by atoms with E-state index in [4.69, 9.17) is 0 Å². The first-order valence-corrected chi connectivity index (χ1v) is 9.75. The smallest absolute Gasteiger partial charge is 0.273 e. The summed E-state index contributed by atoms with van der Waals surface area (Å²) in [7, 11) is 0. The van der Waals surface area contributed by atoms with E-state index in [2.05, 4.69) is 31.6 Å². The average Bonchev–Trinajstić information content (AvgIpc) is 3.44. The van der Waals surface area contributed by atoms with E-state index in [0.717, 1.165) is 28.7 Å². The molecule has 1 heterocycles. The van der Waals surface area contributed by atoms with Gasteiger partial charge in [0.05, 0.1) is 17.5 Å². The van der Waals surface area contributed by atoms with Gasteiger partial charge in [-0.15, -0.1) is 5.10 Å². The van der Waals surface area contributed by atoms with Crippen LogP contribution in [0.4, 0.5) is 4.39 Å². The van der Waals surface area contributed by atoms with Crippen LogP contribution in [0.1, 0.15) is 46.6 Å². The summed E-state index contributed by atoms with van der Waals surface area (Å²) >= 11 is 3.41. The van der Waals surface area contributed by atoms with Crippen molar-refractivity contribution in [2.24, 2.45) is 0 Å². The van der Waals surface area contributed by atoms with Gasteiger partial charge < -0.3 is 10.4 Å². The molecule has 1 amide bonds. The Morgan fingerprint density at radius 1 is 1.29 bits per heavy atom. The number of aromatic nitrogens is 3. The second-order valence-electron chi connectivity index (χ2n) is 6.77. The molecule has 1 saturated carbocycles. The average molecular weight is 445 g/mol. The Kier molecular flexibility index (Phi) is 5.23. The van der Waals surface area contributed by atoms with E-state index >= 15 is 0 Å². The van der Waals surface area contributed by atoms with Gasteiger partial charge in [0.1, 0.15) is 5.82 Å². The van der Waals surface area contributed by atoms with Gasteiger partial charge in [-0.25, -0.2) is 9.07 Å². The summed E-state index contributed by atoms with van der Waals surface area (Å²) in [4.78, 5) is 12.7. The van der Waals surface area contributed by atoms with Crippen molar-refractivity contribution < 1.29 is 14.3 Å². The van der Waals surface area contributed by atoms with Gasteiger partial charge in [0.25, 0.3) is 5.91 Å². The maximum Gasteiger partial charge on any atom is 0.273 e. The van der Waals surface area contributed by atoms with Crippen LogP contribution in [0.15, 0.2) is 53.0 Å². The number of carbonyl (C=O) groups excluding carboxylic acids is 1. The van der Waals surface area contributed by atoms with Crippen molar-refractivity contribution in [1.82, 2.24) is 20.3 Å². The summed E-state index contributed by atoms with van der Waals surface area (Å²) in [6.07, 6.45) is 0.956. The lowest BCUT2D eigenvalue weighted by Gasteiger charge is -2.12. The molecule has 6 nitrogen and oxygen atoms in total. The molecule has 1 aliphatic rings. The summed E-state index contributed by atoms with van der Waals surface area (Å²) in [6.45, 7) is -0.0441. The molecule has 1 aromatic heterocycles. The third-order valence-corrected chi connectivity index (χ3v) is 5.17. The van der Waals surface area contributed by atoms with Gasteiger partial charge in [-0.3, -0.25) is 4.79 Å². The van der Waals surface area contributed by atoms with Crippen LogP contribution in [0.25, 0.3) is 5.69 Å². The van der Waals surface area contributed by atoms with Gasteiger partial charge >= 0.3 is 0 Å². The maximum absolute atomic E-state index is 13.3. The highest BCUT2D eigenvalue weighted by Gasteiger charge is 2.34. The summed E-state index contributed by atoms with van der Waals surface area (Å²) in [5.41, 5.74) is 2.27. The van der Waals surface area contributed by atoms with Crippen molar-refractivity contribution in [3.05, 3.63) is 75.8 Å². The van der Waals surface area contributed by atoms with E-state index in [1.165, 1.54) is 18.2 Å². The number of rotatable bonds is 6. The Morgan fingerprint density at radius 2 is 2.04 bits per heavy atom. The van der Waals surface area contributed by atoms with Crippen molar-refractivity contribution in [3.8, 4) is 5.69 Å². The largest absolute Gasteiger partial charge is 0.387 e. The van der Waals surface area contributed by atoms with Crippen LogP contribution in [0.2, 0.25) is 0 Å². The molecule has 28 heavy (non-hydrogen) atoms. The van der Waals surface area contributed by atoms with Crippen molar-refractivity contribution in [3.63, 3.8) is 0 Å². The fourth-order valence-electron chi connectivity index (χ4n) is 3.05. The minimum absolute atomic E-state index is 0.0441. The minimum Gasteiger partial charge on any atom is -0.387 e. The first kappa shape index (κ1) is 18.8. The van der Waals surface area contributed by atoms with Crippen molar-refractivity contribution in [2.45, 2.75) is 24.9 Å². The monoisotopic (exact) mass is 444 g/mol. The van der Waals surface area contributed by atoms with Crippen LogP contribution >= 0.6 is 15.9 Å².